The van der Waals surface area contributed by atoms with E-state index < -0.39 is 9.05 Å². The van der Waals surface area contributed by atoms with Gasteiger partial charge >= 0.3 is 9.05 Å². The summed E-state index contributed by atoms with van der Waals surface area (Å²) in [5.41, 5.74) is 2.31. The zero-order chi connectivity index (χ0) is 20.1. The molecule has 0 N–H and O–H groups in total. The largest absolute Gasteiger partial charge is 0.679 e. The number of anilines is 2. The maximum Gasteiger partial charge on any atom is 0.679 e. The van der Waals surface area contributed by atoms with Gasteiger partial charge in [0.1, 0.15) is 0 Å². The highest BCUT2D eigenvalue weighted by molar-refractivity contribution is 9.10. The van der Waals surface area contributed by atoms with Crippen LogP contribution in [0.3, 0.4) is 0 Å². The minimum absolute atomic E-state index is 0.513. The Kier molecular flexibility index (Phi) is 7.28. The van der Waals surface area contributed by atoms with Gasteiger partial charge in [0, 0.05) is 46.5 Å². The van der Waals surface area contributed by atoms with Crippen molar-refractivity contribution in [2.45, 2.75) is 0 Å². The first-order chi connectivity index (χ1) is 14.1. The van der Waals surface area contributed by atoms with Gasteiger partial charge in [0.25, 0.3) is 0 Å². The van der Waals surface area contributed by atoms with Crippen molar-refractivity contribution in [1.29, 1.82) is 0 Å². The van der Waals surface area contributed by atoms with Crippen molar-refractivity contribution in [2.24, 2.45) is 0 Å². The van der Waals surface area contributed by atoms with Crippen molar-refractivity contribution in [1.82, 2.24) is 0 Å². The Morgan fingerprint density at radius 3 is 1.17 bits per heavy atom. The molecule has 1 spiro atoms. The van der Waals surface area contributed by atoms with Crippen LogP contribution in [0.2, 0.25) is 0 Å². The van der Waals surface area contributed by atoms with E-state index in [0.717, 1.165) is 46.5 Å². The quantitative estimate of drug-likeness (QED) is 0.532. The number of benzene rings is 2. The minimum atomic E-state index is -3.08. The molecule has 9 heteroatoms. The number of nitrogens with zero attached hydrogens (tertiary/aromatic N) is 2. The van der Waals surface area contributed by atoms with E-state index in [-0.39, 0.29) is 0 Å². The van der Waals surface area contributed by atoms with Crippen LogP contribution in [0, 0.1) is 0 Å². The zero-order valence-electron chi connectivity index (χ0n) is 16.1. The maximum atomic E-state index is 6.08. The first-order valence-corrected chi connectivity index (χ1v) is 12.9. The normalized spacial score (nSPS) is 20.6. The molecule has 0 atom stereocenters. The number of rotatable bonds is 2. The highest BCUT2D eigenvalue weighted by Gasteiger charge is 2.47. The van der Waals surface area contributed by atoms with Crippen LogP contribution in [0.1, 0.15) is 0 Å². The van der Waals surface area contributed by atoms with Gasteiger partial charge in [-0.3, -0.25) is 0 Å². The van der Waals surface area contributed by atoms with Crippen molar-refractivity contribution >= 4 is 52.3 Å². The molecule has 0 bridgehead atoms. The summed E-state index contributed by atoms with van der Waals surface area (Å²) < 4.78 is 26.4. The molecule has 2 heterocycles. The van der Waals surface area contributed by atoms with Crippen LogP contribution in [-0.4, -0.2) is 61.7 Å². The molecule has 4 rings (SSSR count). The molecule has 0 radical (unpaired) electrons. The third kappa shape index (κ3) is 5.60. The molecular weight excluding hydrogens is 520 g/mol. The lowest BCUT2D eigenvalue weighted by Gasteiger charge is -2.37. The Morgan fingerprint density at radius 2 is 0.862 bits per heavy atom. The van der Waals surface area contributed by atoms with Gasteiger partial charge in [0.05, 0.1) is 26.4 Å². The molecule has 0 unspecified atom stereocenters. The van der Waals surface area contributed by atoms with Gasteiger partial charge in [-0.25, -0.2) is 0 Å². The van der Waals surface area contributed by atoms with E-state index >= 15 is 0 Å². The second-order valence-electron chi connectivity index (χ2n) is 6.82. The molecule has 2 aliphatic heterocycles. The molecule has 0 saturated carbocycles. The van der Waals surface area contributed by atoms with E-state index in [1.165, 1.54) is 0 Å². The van der Waals surface area contributed by atoms with Crippen LogP contribution < -0.4 is 9.80 Å². The molecule has 2 saturated heterocycles. The highest BCUT2D eigenvalue weighted by atomic mass is 79.9. The van der Waals surface area contributed by atoms with E-state index in [2.05, 4.69) is 65.9 Å². The Bertz CT molecular complexity index is 703. The molecule has 2 fully saturated rings. The van der Waals surface area contributed by atoms with Gasteiger partial charge in [-0.15, -0.1) is 0 Å². The van der Waals surface area contributed by atoms with E-state index in [9.17, 15) is 0 Å². The van der Waals surface area contributed by atoms with Crippen molar-refractivity contribution in [3.8, 4) is 0 Å². The van der Waals surface area contributed by atoms with Crippen molar-refractivity contribution in [3.05, 3.63) is 57.5 Å². The lowest BCUT2D eigenvalue weighted by molar-refractivity contribution is -0.0387. The van der Waals surface area contributed by atoms with Gasteiger partial charge in [0.15, 0.2) is 0 Å². The van der Waals surface area contributed by atoms with Gasteiger partial charge in [0.2, 0.25) is 0 Å². The lowest BCUT2D eigenvalue weighted by Crippen LogP contribution is -2.56. The van der Waals surface area contributed by atoms with Crippen LogP contribution in [0.4, 0.5) is 11.4 Å². The molecule has 2 aromatic rings. The molecule has 0 aromatic heterocycles. The smallest absolute Gasteiger partial charge is 0.367 e. The topological polar surface area (TPSA) is 43.4 Å². The minimum Gasteiger partial charge on any atom is -0.367 e. The van der Waals surface area contributed by atoms with Crippen LogP contribution in [-0.2, 0) is 17.7 Å². The third-order valence-electron chi connectivity index (χ3n) is 4.94. The maximum absolute atomic E-state index is 6.08. The lowest BCUT2D eigenvalue weighted by atomic mass is 10.3. The summed E-state index contributed by atoms with van der Waals surface area (Å²) in [5, 5.41) is 0. The summed E-state index contributed by atoms with van der Waals surface area (Å²) in [5.74, 6) is 0. The summed E-state index contributed by atoms with van der Waals surface area (Å²) in [4.78, 5) is 4.51. The summed E-state index contributed by atoms with van der Waals surface area (Å²) in [6.45, 7) is 5.15. The van der Waals surface area contributed by atoms with Crippen LogP contribution in [0.5, 0.6) is 0 Å². The fourth-order valence-corrected chi connectivity index (χ4v) is 5.81. The van der Waals surface area contributed by atoms with E-state index in [4.69, 9.17) is 17.7 Å². The summed E-state index contributed by atoms with van der Waals surface area (Å²) in [6.07, 6.45) is 0. The fourth-order valence-electron chi connectivity index (χ4n) is 3.42. The first-order valence-electron chi connectivity index (χ1n) is 9.70. The average Bonchev–Trinajstić information content (AvgIpc) is 2.68. The summed E-state index contributed by atoms with van der Waals surface area (Å²) in [6, 6.07) is 16.6. The van der Waals surface area contributed by atoms with Gasteiger partial charge in [-0.1, -0.05) is 31.9 Å². The Morgan fingerprint density at radius 1 is 0.552 bits per heavy atom. The molecule has 2 aliphatic rings. The summed E-state index contributed by atoms with van der Waals surface area (Å²) in [7, 11) is -3.08. The predicted molar refractivity (Wildman–Crippen MR) is 122 cm³/mol. The number of hydrogen-bond acceptors (Lipinski definition) is 6. The van der Waals surface area contributed by atoms with E-state index in [1.807, 2.05) is 24.3 Å². The standard InChI is InChI=1S/C20H24Br2N2O4Si/c21-17-1-5-19(6-2-17)23-9-13-25-29(26-14-10-23)27-15-11-24(12-16-28-29)20-7-3-18(22)4-8-20/h1-8H,9-16H2. The molecule has 0 amide bonds. The van der Waals surface area contributed by atoms with E-state index in [0.29, 0.717) is 26.4 Å². The van der Waals surface area contributed by atoms with Gasteiger partial charge in [-0.05, 0) is 48.5 Å². The van der Waals surface area contributed by atoms with Crippen molar-refractivity contribution < 1.29 is 17.7 Å². The average molecular weight is 544 g/mol. The highest BCUT2D eigenvalue weighted by Crippen LogP contribution is 2.23. The molecule has 2 aromatic carbocycles. The Balaban J connectivity index is 1.33. The SMILES string of the molecule is Brc1ccc(N2CCO[Si]3(OCC2)OCCN(c2ccc(Br)cc2)CCO3)cc1. The van der Waals surface area contributed by atoms with E-state index in [1.54, 1.807) is 0 Å². The van der Waals surface area contributed by atoms with Gasteiger partial charge in [-0.2, -0.15) is 0 Å². The van der Waals surface area contributed by atoms with Crippen LogP contribution >= 0.6 is 31.9 Å². The molecule has 156 valence electrons. The van der Waals surface area contributed by atoms with Crippen LogP contribution in [0.25, 0.3) is 0 Å². The second-order valence-corrected chi connectivity index (χ2v) is 10.8. The molecule has 29 heavy (non-hydrogen) atoms. The van der Waals surface area contributed by atoms with Crippen LogP contribution in [0.15, 0.2) is 57.5 Å². The van der Waals surface area contributed by atoms with Crippen molar-refractivity contribution in [2.75, 3.05) is 62.4 Å². The first kappa shape index (κ1) is 21.3. The van der Waals surface area contributed by atoms with Gasteiger partial charge < -0.3 is 27.5 Å². The van der Waals surface area contributed by atoms with Crippen molar-refractivity contribution in [3.63, 3.8) is 0 Å². The number of hydrogen-bond donors (Lipinski definition) is 0. The number of halogens is 2. The monoisotopic (exact) mass is 542 g/mol. The third-order valence-corrected chi connectivity index (χ3v) is 8.23. The second kappa shape index (κ2) is 9.91. The molecule has 6 nitrogen and oxygen atoms in total. The zero-order valence-corrected chi connectivity index (χ0v) is 20.2. The predicted octanol–water partition coefficient (Wildman–Crippen LogP) is 4.05. The molecular formula is C20H24Br2N2O4Si. The fraction of sp³-hybridized carbons (Fsp3) is 0.400. The Hall–Kier alpha value is -0.943. The molecule has 0 aliphatic carbocycles. The Labute approximate surface area is 189 Å². The summed E-state index contributed by atoms with van der Waals surface area (Å²) >= 11 is 6.96.